The van der Waals surface area contributed by atoms with Gasteiger partial charge in [-0.3, -0.25) is 4.79 Å². The molecule has 34 heavy (non-hydrogen) atoms. The largest absolute Gasteiger partial charge is 0.497 e. The second kappa shape index (κ2) is 9.44. The fourth-order valence-corrected chi connectivity index (χ4v) is 4.65. The molecule has 2 heterocycles. The third-order valence-electron chi connectivity index (χ3n) is 5.28. The van der Waals surface area contributed by atoms with Gasteiger partial charge in [0.25, 0.3) is 5.56 Å². The zero-order valence-electron chi connectivity index (χ0n) is 18.7. The number of fused-ring (bicyclic) bond motifs is 3. The Labute approximate surface area is 199 Å². The van der Waals surface area contributed by atoms with Gasteiger partial charge >= 0.3 is 0 Å². The van der Waals surface area contributed by atoms with E-state index in [2.05, 4.69) is 4.98 Å². The summed E-state index contributed by atoms with van der Waals surface area (Å²) in [7, 11) is 3.20. The van der Waals surface area contributed by atoms with Crippen LogP contribution < -0.4 is 29.0 Å². The van der Waals surface area contributed by atoms with Crippen molar-refractivity contribution in [1.82, 2.24) is 9.38 Å². The molecule has 0 aliphatic heterocycles. The number of para-hydroxylation sites is 2. The van der Waals surface area contributed by atoms with E-state index in [0.717, 1.165) is 22.3 Å². The molecule has 8 heteroatoms. The summed E-state index contributed by atoms with van der Waals surface area (Å²) in [6.45, 7) is 0.712. The fourth-order valence-electron chi connectivity index (χ4n) is 3.66. The Balaban J connectivity index is 1.32. The summed E-state index contributed by atoms with van der Waals surface area (Å²) in [5, 5.41) is 0. The van der Waals surface area contributed by atoms with E-state index in [0.29, 0.717) is 40.0 Å². The first-order valence-electron chi connectivity index (χ1n) is 10.7. The number of benzene rings is 3. The lowest BCUT2D eigenvalue weighted by molar-refractivity contribution is 0.211. The SMILES string of the molecule is COc1cccc(OCCOc2ccc(C=c3sc4nc5ccccc5n4c3=O)cc2OC)c1. The molecule has 7 nitrogen and oxygen atoms in total. The molecule has 0 N–H and O–H groups in total. The summed E-state index contributed by atoms with van der Waals surface area (Å²) < 4.78 is 24.5. The van der Waals surface area contributed by atoms with Gasteiger partial charge < -0.3 is 18.9 Å². The Morgan fingerprint density at radius 3 is 2.56 bits per heavy atom. The standard InChI is InChI=1S/C26H22N2O5S/c1-30-18-6-5-7-19(16-18)32-12-13-33-22-11-10-17(14-23(22)31-2)15-24-25(29)28-21-9-4-3-8-20(21)27-26(28)34-24/h3-11,14-16H,12-13H2,1-2H3. The van der Waals surface area contributed by atoms with Crippen molar-refractivity contribution in [2.45, 2.75) is 0 Å². The van der Waals surface area contributed by atoms with Gasteiger partial charge in [0.2, 0.25) is 0 Å². The number of thiazole rings is 1. The van der Waals surface area contributed by atoms with Crippen LogP contribution in [-0.4, -0.2) is 36.8 Å². The highest BCUT2D eigenvalue weighted by atomic mass is 32.1. The van der Waals surface area contributed by atoms with Gasteiger partial charge in [0.1, 0.15) is 24.7 Å². The van der Waals surface area contributed by atoms with Crippen LogP contribution in [0.4, 0.5) is 0 Å². The molecule has 0 spiro atoms. The van der Waals surface area contributed by atoms with Crippen molar-refractivity contribution in [3.05, 3.63) is 87.2 Å². The summed E-state index contributed by atoms with van der Waals surface area (Å²) in [6, 6.07) is 20.6. The zero-order chi connectivity index (χ0) is 23.5. The van der Waals surface area contributed by atoms with Gasteiger partial charge in [-0.2, -0.15) is 0 Å². The first kappa shape index (κ1) is 21.8. The number of methoxy groups -OCH3 is 2. The van der Waals surface area contributed by atoms with E-state index in [4.69, 9.17) is 18.9 Å². The topological polar surface area (TPSA) is 71.3 Å². The molecule has 0 fully saturated rings. The molecule has 5 rings (SSSR count). The number of nitrogens with zero attached hydrogens (tertiary/aromatic N) is 2. The Morgan fingerprint density at radius 1 is 0.882 bits per heavy atom. The van der Waals surface area contributed by atoms with Crippen LogP contribution in [0.1, 0.15) is 5.56 Å². The molecular formula is C26H22N2O5S. The molecule has 0 bridgehead atoms. The van der Waals surface area contributed by atoms with Crippen LogP contribution in [0.2, 0.25) is 0 Å². The molecule has 0 aliphatic rings. The van der Waals surface area contributed by atoms with Crippen molar-refractivity contribution < 1.29 is 18.9 Å². The summed E-state index contributed by atoms with van der Waals surface area (Å²) in [4.78, 5) is 18.2. The molecule has 5 aromatic rings. The summed E-state index contributed by atoms with van der Waals surface area (Å²) in [5.74, 6) is 2.63. The molecule has 3 aromatic carbocycles. The zero-order valence-corrected chi connectivity index (χ0v) is 19.5. The maximum atomic E-state index is 13.0. The maximum absolute atomic E-state index is 13.0. The van der Waals surface area contributed by atoms with E-state index in [1.165, 1.54) is 11.3 Å². The highest BCUT2D eigenvalue weighted by molar-refractivity contribution is 7.15. The smallest absolute Gasteiger partial charge is 0.274 e. The van der Waals surface area contributed by atoms with Crippen LogP contribution >= 0.6 is 11.3 Å². The predicted molar refractivity (Wildman–Crippen MR) is 133 cm³/mol. The van der Waals surface area contributed by atoms with E-state index in [1.807, 2.05) is 72.8 Å². The van der Waals surface area contributed by atoms with E-state index in [-0.39, 0.29) is 5.56 Å². The predicted octanol–water partition coefficient (Wildman–Crippen LogP) is 3.93. The molecule has 0 saturated carbocycles. The first-order valence-corrected chi connectivity index (χ1v) is 11.5. The van der Waals surface area contributed by atoms with E-state index in [9.17, 15) is 4.79 Å². The minimum Gasteiger partial charge on any atom is -0.497 e. The molecule has 0 radical (unpaired) electrons. The monoisotopic (exact) mass is 474 g/mol. The highest BCUT2D eigenvalue weighted by Gasteiger charge is 2.11. The number of imidazole rings is 1. The van der Waals surface area contributed by atoms with Gasteiger partial charge in [-0.25, -0.2) is 9.38 Å². The quantitative estimate of drug-likeness (QED) is 0.318. The van der Waals surface area contributed by atoms with Crippen molar-refractivity contribution in [1.29, 1.82) is 0 Å². The van der Waals surface area contributed by atoms with Gasteiger partial charge in [0, 0.05) is 6.07 Å². The van der Waals surface area contributed by atoms with Crippen LogP contribution in [-0.2, 0) is 0 Å². The van der Waals surface area contributed by atoms with Crippen LogP contribution in [0.15, 0.2) is 71.5 Å². The Morgan fingerprint density at radius 2 is 1.71 bits per heavy atom. The lowest BCUT2D eigenvalue weighted by Crippen LogP contribution is -2.22. The molecule has 0 amide bonds. The van der Waals surface area contributed by atoms with Gasteiger partial charge in [0.05, 0.1) is 29.8 Å². The Bertz CT molecular complexity index is 1570. The fraction of sp³-hybridized carbons (Fsp3) is 0.154. The first-order chi connectivity index (χ1) is 16.7. The molecule has 0 atom stereocenters. The number of aromatic nitrogens is 2. The third-order valence-corrected chi connectivity index (χ3v) is 6.25. The van der Waals surface area contributed by atoms with Crippen molar-refractivity contribution in [3.63, 3.8) is 0 Å². The van der Waals surface area contributed by atoms with Crippen LogP contribution in [0.3, 0.4) is 0 Å². The van der Waals surface area contributed by atoms with Gasteiger partial charge in [-0.1, -0.05) is 35.6 Å². The molecule has 172 valence electrons. The Kier molecular flexibility index (Phi) is 6.05. The van der Waals surface area contributed by atoms with Gasteiger partial charge in [0.15, 0.2) is 16.5 Å². The number of ether oxygens (including phenoxy) is 4. The normalized spacial score (nSPS) is 11.8. The van der Waals surface area contributed by atoms with Crippen molar-refractivity contribution in [2.24, 2.45) is 0 Å². The van der Waals surface area contributed by atoms with Gasteiger partial charge in [-0.05, 0) is 48.0 Å². The second-order valence-corrected chi connectivity index (χ2v) is 8.43. The summed E-state index contributed by atoms with van der Waals surface area (Å²) in [6.07, 6.45) is 1.84. The number of rotatable bonds is 8. The molecule has 0 unspecified atom stereocenters. The maximum Gasteiger partial charge on any atom is 0.274 e. The average Bonchev–Trinajstić information content (AvgIpc) is 3.38. The minimum atomic E-state index is -0.0808. The number of hydrogen-bond donors (Lipinski definition) is 0. The molecule has 2 aromatic heterocycles. The molecular weight excluding hydrogens is 452 g/mol. The third kappa shape index (κ3) is 4.27. The lowest BCUT2D eigenvalue weighted by Gasteiger charge is -2.12. The van der Waals surface area contributed by atoms with Crippen molar-refractivity contribution in [3.8, 4) is 23.0 Å². The van der Waals surface area contributed by atoms with Gasteiger partial charge in [-0.15, -0.1) is 0 Å². The highest BCUT2D eigenvalue weighted by Crippen LogP contribution is 2.28. The van der Waals surface area contributed by atoms with Crippen molar-refractivity contribution in [2.75, 3.05) is 27.4 Å². The van der Waals surface area contributed by atoms with Crippen LogP contribution in [0.5, 0.6) is 23.0 Å². The second-order valence-electron chi connectivity index (χ2n) is 7.42. The average molecular weight is 475 g/mol. The lowest BCUT2D eigenvalue weighted by atomic mass is 10.2. The molecule has 0 aliphatic carbocycles. The summed E-state index contributed by atoms with van der Waals surface area (Å²) >= 11 is 1.37. The summed E-state index contributed by atoms with van der Waals surface area (Å²) in [5.41, 5.74) is 2.39. The number of hydrogen-bond acceptors (Lipinski definition) is 7. The van der Waals surface area contributed by atoms with Crippen LogP contribution in [0, 0.1) is 0 Å². The van der Waals surface area contributed by atoms with E-state index >= 15 is 0 Å². The molecule has 0 saturated heterocycles. The Hall–Kier alpha value is -4.04. The van der Waals surface area contributed by atoms with Crippen LogP contribution in [0.25, 0.3) is 22.1 Å². The van der Waals surface area contributed by atoms with Crippen molar-refractivity contribution >= 4 is 33.4 Å². The van der Waals surface area contributed by atoms with E-state index < -0.39 is 0 Å². The minimum absolute atomic E-state index is 0.0808. The van der Waals surface area contributed by atoms with E-state index in [1.54, 1.807) is 18.6 Å².